The van der Waals surface area contributed by atoms with Gasteiger partial charge in [-0.3, -0.25) is 4.79 Å². The molecule has 0 bridgehead atoms. The number of thiophene rings is 1. The van der Waals surface area contributed by atoms with Crippen molar-refractivity contribution in [3.8, 4) is 10.4 Å². The lowest BCUT2D eigenvalue weighted by molar-refractivity contribution is 0.0955. The van der Waals surface area contributed by atoms with Gasteiger partial charge in [-0.1, -0.05) is 48.5 Å². The zero-order chi connectivity index (χ0) is 19.6. The highest BCUT2D eigenvalue weighted by molar-refractivity contribution is 7.17. The lowest BCUT2D eigenvalue weighted by Crippen LogP contribution is -2.21. The minimum absolute atomic E-state index is 0.0106. The summed E-state index contributed by atoms with van der Waals surface area (Å²) < 4.78 is 1.78. The van der Waals surface area contributed by atoms with Crippen molar-refractivity contribution in [2.24, 2.45) is 0 Å². The molecule has 29 heavy (non-hydrogen) atoms. The summed E-state index contributed by atoms with van der Waals surface area (Å²) in [6.45, 7) is 1.17. The molecule has 0 unspecified atom stereocenters. The molecule has 5 rings (SSSR count). The number of carbonyl (C=O) groups is 1. The van der Waals surface area contributed by atoms with Crippen molar-refractivity contribution < 1.29 is 4.79 Å². The number of rotatable bonds is 5. The van der Waals surface area contributed by atoms with Crippen molar-refractivity contribution in [3.63, 3.8) is 0 Å². The fourth-order valence-electron chi connectivity index (χ4n) is 3.79. The Bertz CT molecular complexity index is 1160. The highest BCUT2D eigenvalue weighted by Crippen LogP contribution is 2.39. The average molecular weight is 401 g/mol. The Morgan fingerprint density at radius 1 is 1.03 bits per heavy atom. The monoisotopic (exact) mass is 400 g/mol. The lowest BCUT2D eigenvalue weighted by atomic mass is 9.91. The topological polar surface area (TPSA) is 59.8 Å². The summed E-state index contributed by atoms with van der Waals surface area (Å²) in [5.41, 5.74) is 6.14. The number of nitrogens with one attached hydrogen (secondary N) is 1. The third-order valence-corrected chi connectivity index (χ3v) is 6.42. The van der Waals surface area contributed by atoms with Gasteiger partial charge in [0.2, 0.25) is 0 Å². The Kier molecular flexibility index (Phi) is 4.69. The molecule has 0 radical (unpaired) electrons. The van der Waals surface area contributed by atoms with Crippen LogP contribution in [0.15, 0.2) is 67.3 Å². The summed E-state index contributed by atoms with van der Waals surface area (Å²) in [6, 6.07) is 18.7. The number of amides is 1. The SMILES string of the molecule is O=C(NCc1cccc(Cn2cncn2)c1)c1cc2c(s1)-c1ccccc1CC2. The molecular weight excluding hydrogens is 380 g/mol. The van der Waals surface area contributed by atoms with E-state index in [4.69, 9.17) is 0 Å². The smallest absolute Gasteiger partial charge is 0.261 e. The molecule has 1 aliphatic rings. The van der Waals surface area contributed by atoms with E-state index in [0.29, 0.717) is 13.1 Å². The van der Waals surface area contributed by atoms with Crippen LogP contribution in [0.1, 0.15) is 31.9 Å². The first-order chi connectivity index (χ1) is 14.3. The van der Waals surface area contributed by atoms with E-state index in [1.54, 1.807) is 22.3 Å². The molecule has 1 N–H and O–H groups in total. The van der Waals surface area contributed by atoms with E-state index < -0.39 is 0 Å². The van der Waals surface area contributed by atoms with E-state index >= 15 is 0 Å². The van der Waals surface area contributed by atoms with Crippen molar-refractivity contribution in [2.45, 2.75) is 25.9 Å². The molecule has 2 heterocycles. The molecule has 0 saturated heterocycles. The fourth-order valence-corrected chi connectivity index (χ4v) is 4.98. The van der Waals surface area contributed by atoms with Crippen molar-refractivity contribution >= 4 is 17.2 Å². The maximum Gasteiger partial charge on any atom is 0.261 e. The van der Waals surface area contributed by atoms with Crippen LogP contribution >= 0.6 is 11.3 Å². The second-order valence-corrected chi connectivity index (χ2v) is 8.27. The fraction of sp³-hybridized carbons (Fsp3) is 0.174. The molecule has 4 aromatic rings. The van der Waals surface area contributed by atoms with Gasteiger partial charge >= 0.3 is 0 Å². The van der Waals surface area contributed by atoms with Crippen molar-refractivity contribution in [1.82, 2.24) is 20.1 Å². The molecule has 0 saturated carbocycles. The Morgan fingerprint density at radius 2 is 1.90 bits per heavy atom. The van der Waals surface area contributed by atoms with E-state index in [1.807, 2.05) is 12.1 Å². The van der Waals surface area contributed by atoms with Crippen molar-refractivity contribution in [2.75, 3.05) is 0 Å². The number of fused-ring (bicyclic) bond motifs is 3. The van der Waals surface area contributed by atoms with Gasteiger partial charge in [-0.25, -0.2) is 9.67 Å². The minimum atomic E-state index is -0.0106. The summed E-state index contributed by atoms with van der Waals surface area (Å²) >= 11 is 1.60. The summed E-state index contributed by atoms with van der Waals surface area (Å²) in [5.74, 6) is -0.0106. The van der Waals surface area contributed by atoms with E-state index in [9.17, 15) is 4.79 Å². The first kappa shape index (κ1) is 17.8. The number of hydrogen-bond acceptors (Lipinski definition) is 4. The third kappa shape index (κ3) is 3.71. The molecule has 1 aliphatic carbocycles. The normalized spacial score (nSPS) is 12.3. The second kappa shape index (κ2) is 7.64. The van der Waals surface area contributed by atoms with E-state index in [0.717, 1.165) is 28.8 Å². The van der Waals surface area contributed by atoms with Gasteiger partial charge in [0.05, 0.1) is 11.4 Å². The van der Waals surface area contributed by atoms with E-state index in [-0.39, 0.29) is 5.91 Å². The molecule has 1 amide bonds. The van der Waals surface area contributed by atoms with E-state index in [1.165, 1.54) is 27.9 Å². The molecule has 0 aliphatic heterocycles. The van der Waals surface area contributed by atoms with Crippen LogP contribution in [0.25, 0.3) is 10.4 Å². The Labute approximate surface area is 173 Å². The highest BCUT2D eigenvalue weighted by Gasteiger charge is 2.21. The van der Waals surface area contributed by atoms with Crippen LogP contribution < -0.4 is 5.32 Å². The van der Waals surface area contributed by atoms with Crippen LogP contribution in [-0.4, -0.2) is 20.7 Å². The largest absolute Gasteiger partial charge is 0.347 e. The van der Waals surface area contributed by atoms with Gasteiger partial charge in [0, 0.05) is 11.4 Å². The maximum absolute atomic E-state index is 12.8. The average Bonchev–Trinajstić information content (AvgIpc) is 3.42. The molecule has 2 aromatic carbocycles. The molecule has 0 spiro atoms. The van der Waals surface area contributed by atoms with E-state index in [2.05, 4.69) is 57.9 Å². The molecule has 5 nitrogen and oxygen atoms in total. The third-order valence-electron chi connectivity index (χ3n) is 5.21. The predicted molar refractivity (Wildman–Crippen MR) is 114 cm³/mol. The zero-order valence-corrected chi connectivity index (χ0v) is 16.7. The van der Waals surface area contributed by atoms with Gasteiger partial charge in [0.1, 0.15) is 12.7 Å². The van der Waals surface area contributed by atoms with Gasteiger partial charge < -0.3 is 5.32 Å². The number of aromatic nitrogens is 3. The van der Waals surface area contributed by atoms with Crippen LogP contribution in [0.3, 0.4) is 0 Å². The lowest BCUT2D eigenvalue weighted by Gasteiger charge is -2.15. The predicted octanol–water partition coefficient (Wildman–Crippen LogP) is 4.08. The Hall–Kier alpha value is -3.25. The molecule has 2 aromatic heterocycles. The van der Waals surface area contributed by atoms with Crippen molar-refractivity contribution in [3.05, 3.63) is 94.4 Å². The molecule has 0 fully saturated rings. The quantitative estimate of drug-likeness (QED) is 0.549. The Balaban J connectivity index is 1.28. The molecule has 0 atom stereocenters. The number of nitrogens with zero attached hydrogens (tertiary/aromatic N) is 3. The van der Waals surface area contributed by atoms with Crippen LogP contribution in [0.5, 0.6) is 0 Å². The second-order valence-electron chi connectivity index (χ2n) is 7.22. The standard InChI is InChI=1S/C23H20N4OS/c28-23(21-11-19-9-8-18-6-1-2-7-20(18)22(19)29-21)25-12-16-4-3-5-17(10-16)13-27-15-24-14-26-27/h1-7,10-11,14-15H,8-9,12-13H2,(H,25,28). The Morgan fingerprint density at radius 3 is 2.79 bits per heavy atom. The zero-order valence-electron chi connectivity index (χ0n) is 15.8. The summed E-state index contributed by atoms with van der Waals surface area (Å²) in [4.78, 5) is 18.8. The van der Waals surface area contributed by atoms with Crippen LogP contribution in [0, 0.1) is 0 Å². The van der Waals surface area contributed by atoms with Gasteiger partial charge in [0.15, 0.2) is 0 Å². The van der Waals surface area contributed by atoms with Gasteiger partial charge in [-0.05, 0) is 46.7 Å². The molecular formula is C23H20N4OS. The van der Waals surface area contributed by atoms with Gasteiger partial charge in [0.25, 0.3) is 5.91 Å². The number of hydrogen-bond donors (Lipinski definition) is 1. The van der Waals surface area contributed by atoms with Gasteiger partial charge in [-0.15, -0.1) is 11.3 Å². The number of aryl methyl sites for hydroxylation is 2. The van der Waals surface area contributed by atoms with Gasteiger partial charge in [-0.2, -0.15) is 5.10 Å². The highest BCUT2D eigenvalue weighted by atomic mass is 32.1. The summed E-state index contributed by atoms with van der Waals surface area (Å²) in [6.07, 6.45) is 5.27. The number of benzene rings is 2. The summed E-state index contributed by atoms with van der Waals surface area (Å²) in [7, 11) is 0. The minimum Gasteiger partial charge on any atom is -0.347 e. The first-order valence-corrected chi connectivity index (χ1v) is 10.5. The maximum atomic E-state index is 12.8. The van der Waals surface area contributed by atoms with Crippen LogP contribution in [0.2, 0.25) is 0 Å². The van der Waals surface area contributed by atoms with Crippen molar-refractivity contribution in [1.29, 1.82) is 0 Å². The van der Waals surface area contributed by atoms with Crippen LogP contribution in [0.4, 0.5) is 0 Å². The molecule has 144 valence electrons. The first-order valence-electron chi connectivity index (χ1n) is 9.66. The van der Waals surface area contributed by atoms with Crippen LogP contribution in [-0.2, 0) is 25.9 Å². The number of carbonyl (C=O) groups excluding carboxylic acids is 1. The summed E-state index contributed by atoms with van der Waals surface area (Å²) in [5, 5.41) is 7.21. The molecule has 6 heteroatoms.